The summed E-state index contributed by atoms with van der Waals surface area (Å²) in [6, 6.07) is 8.35. The van der Waals surface area contributed by atoms with Crippen molar-refractivity contribution in [3.63, 3.8) is 0 Å². The first-order valence-electron chi connectivity index (χ1n) is 9.63. The molecule has 0 radical (unpaired) electrons. The minimum absolute atomic E-state index is 0.0870. The van der Waals surface area contributed by atoms with E-state index >= 15 is 0 Å². The number of rotatable bonds is 4. The van der Waals surface area contributed by atoms with E-state index in [0.29, 0.717) is 40.9 Å². The van der Waals surface area contributed by atoms with Crippen molar-refractivity contribution >= 4 is 34.0 Å². The first kappa shape index (κ1) is 20.6. The number of benzene rings is 1. The number of nitrogens with zero attached hydrogens (tertiary/aromatic N) is 4. The van der Waals surface area contributed by atoms with Gasteiger partial charge in [-0.25, -0.2) is 4.39 Å². The third-order valence-electron chi connectivity index (χ3n) is 5.05. The van der Waals surface area contributed by atoms with Gasteiger partial charge in [0.1, 0.15) is 11.6 Å². The molecule has 1 aromatic carbocycles. The minimum atomic E-state index is -0.812. The van der Waals surface area contributed by atoms with Crippen LogP contribution in [-0.2, 0) is 4.79 Å². The molecular formula is C21H20FN5OS2. The quantitative estimate of drug-likeness (QED) is 0.699. The van der Waals surface area contributed by atoms with E-state index in [1.54, 1.807) is 34.9 Å². The van der Waals surface area contributed by atoms with Crippen molar-refractivity contribution in [3.8, 4) is 6.07 Å². The van der Waals surface area contributed by atoms with Gasteiger partial charge in [0.2, 0.25) is 5.13 Å². The van der Waals surface area contributed by atoms with E-state index in [1.807, 2.05) is 0 Å². The van der Waals surface area contributed by atoms with Crippen LogP contribution in [0.15, 0.2) is 51.3 Å². The molecule has 1 unspecified atom stereocenters. The number of aromatic nitrogens is 2. The van der Waals surface area contributed by atoms with Gasteiger partial charge in [-0.2, -0.15) is 5.26 Å². The van der Waals surface area contributed by atoms with E-state index in [0.717, 1.165) is 4.34 Å². The average molecular weight is 442 g/mol. The van der Waals surface area contributed by atoms with Crippen LogP contribution in [0.5, 0.6) is 0 Å². The van der Waals surface area contributed by atoms with Gasteiger partial charge in [0.25, 0.3) is 0 Å². The Bertz CT molecular complexity index is 1110. The lowest BCUT2D eigenvalue weighted by atomic mass is 9.75. The lowest BCUT2D eigenvalue weighted by Crippen LogP contribution is -2.38. The number of anilines is 1. The van der Waals surface area contributed by atoms with Gasteiger partial charge in [-0.05, 0) is 18.9 Å². The summed E-state index contributed by atoms with van der Waals surface area (Å²) in [5.74, 6) is -1.19. The SMILES string of the molecule is CC(C)Sc1nnc(N2C(N)=C(C#N)C(c3ccccc3F)C3=C2CCCC3=O)s1. The Labute approximate surface area is 182 Å². The highest BCUT2D eigenvalue weighted by molar-refractivity contribution is 8.01. The Morgan fingerprint density at radius 2 is 2.10 bits per heavy atom. The molecule has 0 saturated carbocycles. The van der Waals surface area contributed by atoms with Gasteiger partial charge in [0.05, 0.1) is 17.6 Å². The number of halogens is 1. The number of hydrogen-bond acceptors (Lipinski definition) is 8. The Balaban J connectivity index is 1.90. The molecule has 0 fully saturated rings. The molecule has 1 atom stereocenters. The van der Waals surface area contributed by atoms with Crippen LogP contribution in [0.25, 0.3) is 0 Å². The van der Waals surface area contributed by atoms with E-state index in [1.165, 1.54) is 17.4 Å². The zero-order chi connectivity index (χ0) is 21.4. The van der Waals surface area contributed by atoms with Crippen molar-refractivity contribution in [1.82, 2.24) is 10.2 Å². The van der Waals surface area contributed by atoms with E-state index in [4.69, 9.17) is 5.73 Å². The highest BCUT2D eigenvalue weighted by Gasteiger charge is 2.42. The number of carbonyl (C=O) groups excluding carboxylic acids is 1. The monoisotopic (exact) mass is 441 g/mol. The topological polar surface area (TPSA) is 95.9 Å². The summed E-state index contributed by atoms with van der Waals surface area (Å²) in [5, 5.41) is 19.3. The molecule has 9 heteroatoms. The van der Waals surface area contributed by atoms with Crippen LogP contribution in [0.2, 0.25) is 0 Å². The van der Waals surface area contributed by atoms with Gasteiger partial charge in [-0.1, -0.05) is 55.1 Å². The third-order valence-corrected chi connectivity index (χ3v) is 7.05. The highest BCUT2D eigenvalue weighted by Crippen LogP contribution is 2.47. The zero-order valence-corrected chi connectivity index (χ0v) is 18.2. The largest absolute Gasteiger partial charge is 0.384 e. The number of carbonyl (C=O) groups is 1. The van der Waals surface area contributed by atoms with Crippen molar-refractivity contribution < 1.29 is 9.18 Å². The molecule has 0 spiro atoms. The molecule has 2 aromatic rings. The number of ketones is 1. The molecule has 1 aromatic heterocycles. The second kappa shape index (κ2) is 8.20. The number of allylic oxidation sites excluding steroid dienone is 3. The number of nitrogens with two attached hydrogens (primary N) is 1. The Hall–Kier alpha value is -2.70. The van der Waals surface area contributed by atoms with Crippen LogP contribution >= 0.6 is 23.1 Å². The van der Waals surface area contributed by atoms with Crippen LogP contribution in [-0.4, -0.2) is 21.2 Å². The predicted molar refractivity (Wildman–Crippen MR) is 115 cm³/mol. The zero-order valence-electron chi connectivity index (χ0n) is 16.6. The Kier molecular flexibility index (Phi) is 5.62. The van der Waals surface area contributed by atoms with Crippen LogP contribution in [0, 0.1) is 17.1 Å². The number of nitriles is 1. The fourth-order valence-electron chi connectivity index (χ4n) is 3.87. The highest BCUT2D eigenvalue weighted by atomic mass is 32.2. The normalized spacial score (nSPS) is 19.4. The van der Waals surface area contributed by atoms with Crippen molar-refractivity contribution in [2.45, 2.75) is 48.6 Å². The summed E-state index contributed by atoms with van der Waals surface area (Å²) in [4.78, 5) is 14.7. The summed E-state index contributed by atoms with van der Waals surface area (Å²) in [5.41, 5.74) is 8.02. The van der Waals surface area contributed by atoms with E-state index in [-0.39, 0.29) is 22.7 Å². The molecule has 2 aliphatic rings. The maximum absolute atomic E-state index is 14.7. The smallest absolute Gasteiger partial charge is 0.219 e. The molecular weight excluding hydrogens is 421 g/mol. The number of Topliss-reactive ketones (excluding diaryl/α,β-unsaturated/α-hetero) is 1. The summed E-state index contributed by atoms with van der Waals surface area (Å²) in [6.45, 7) is 4.13. The molecule has 1 aliphatic carbocycles. The lowest BCUT2D eigenvalue weighted by molar-refractivity contribution is -0.116. The second-order valence-corrected chi connectivity index (χ2v) is 10.1. The molecule has 0 saturated heterocycles. The van der Waals surface area contributed by atoms with Crippen molar-refractivity contribution in [3.05, 3.63) is 58.3 Å². The third kappa shape index (κ3) is 3.50. The fourth-order valence-corrected chi connectivity index (χ4v) is 5.97. The molecule has 6 nitrogen and oxygen atoms in total. The van der Waals surface area contributed by atoms with Crippen molar-refractivity contribution in [2.75, 3.05) is 4.90 Å². The molecule has 154 valence electrons. The first-order chi connectivity index (χ1) is 14.4. The Morgan fingerprint density at radius 3 is 2.80 bits per heavy atom. The van der Waals surface area contributed by atoms with Crippen LogP contribution in [0.4, 0.5) is 9.52 Å². The van der Waals surface area contributed by atoms with Gasteiger partial charge in [0, 0.05) is 28.5 Å². The summed E-state index contributed by atoms with van der Waals surface area (Å²) >= 11 is 2.95. The number of thioether (sulfide) groups is 1. The maximum atomic E-state index is 14.7. The van der Waals surface area contributed by atoms with Crippen molar-refractivity contribution in [1.29, 1.82) is 5.26 Å². The van der Waals surface area contributed by atoms with Crippen LogP contribution in [0.1, 0.15) is 44.6 Å². The average Bonchev–Trinajstić information content (AvgIpc) is 3.15. The minimum Gasteiger partial charge on any atom is -0.384 e. The summed E-state index contributed by atoms with van der Waals surface area (Å²) < 4.78 is 15.5. The summed E-state index contributed by atoms with van der Waals surface area (Å²) in [6.07, 6.45) is 1.62. The van der Waals surface area contributed by atoms with Crippen LogP contribution in [0.3, 0.4) is 0 Å². The van der Waals surface area contributed by atoms with E-state index < -0.39 is 11.7 Å². The van der Waals surface area contributed by atoms with Gasteiger partial charge < -0.3 is 5.73 Å². The molecule has 0 bridgehead atoms. The first-order valence-corrected chi connectivity index (χ1v) is 11.3. The standard InChI is InChI=1S/C21H20FN5OS2/c1-11(2)29-21-26-25-20(30-21)27-15-8-5-9-16(28)18(15)17(13(10-23)19(27)24)12-6-3-4-7-14(12)22/h3-4,6-7,11,17H,5,8-9,24H2,1-2H3. The molecule has 30 heavy (non-hydrogen) atoms. The van der Waals surface area contributed by atoms with Gasteiger partial charge in [-0.15, -0.1) is 10.2 Å². The maximum Gasteiger partial charge on any atom is 0.219 e. The van der Waals surface area contributed by atoms with Gasteiger partial charge in [-0.3, -0.25) is 9.69 Å². The molecule has 1 aliphatic heterocycles. The second-order valence-electron chi connectivity index (χ2n) is 7.35. The Morgan fingerprint density at radius 1 is 1.33 bits per heavy atom. The van der Waals surface area contributed by atoms with E-state index in [9.17, 15) is 14.4 Å². The van der Waals surface area contributed by atoms with Gasteiger partial charge >= 0.3 is 0 Å². The molecule has 2 heterocycles. The number of hydrogen-bond donors (Lipinski definition) is 1. The fraction of sp³-hybridized carbons (Fsp3) is 0.333. The van der Waals surface area contributed by atoms with E-state index in [2.05, 4.69) is 30.1 Å². The predicted octanol–water partition coefficient (Wildman–Crippen LogP) is 4.48. The van der Waals surface area contributed by atoms with Crippen LogP contribution < -0.4 is 10.6 Å². The van der Waals surface area contributed by atoms with Gasteiger partial charge in [0.15, 0.2) is 10.1 Å². The molecule has 2 N–H and O–H groups in total. The van der Waals surface area contributed by atoms with Crippen molar-refractivity contribution in [2.24, 2.45) is 5.73 Å². The molecule has 0 amide bonds. The summed E-state index contributed by atoms with van der Waals surface area (Å²) in [7, 11) is 0. The lowest BCUT2D eigenvalue weighted by Gasteiger charge is -2.38. The molecule has 4 rings (SSSR count).